The molecule has 0 spiro atoms. The van der Waals surface area contributed by atoms with Gasteiger partial charge in [0.1, 0.15) is 5.58 Å². The molecule has 1 heterocycles. The highest BCUT2D eigenvalue weighted by molar-refractivity contribution is 5.77. The molecular weight excluding hydrogens is 212 g/mol. The fourth-order valence-electron chi connectivity index (χ4n) is 1.99. The molecule has 2 aromatic rings. The maximum atomic E-state index is 11.7. The summed E-state index contributed by atoms with van der Waals surface area (Å²) in [6, 6.07) is 8.00. The maximum Gasteiger partial charge on any atom is 0.339 e. The van der Waals surface area contributed by atoms with Crippen LogP contribution < -0.4 is 5.63 Å². The lowest BCUT2D eigenvalue weighted by atomic mass is 10.0. The molecule has 0 saturated heterocycles. The first-order valence-electron chi connectivity index (χ1n) is 6.18. The molecule has 17 heavy (non-hydrogen) atoms. The van der Waals surface area contributed by atoms with Crippen molar-refractivity contribution in [1.82, 2.24) is 0 Å². The van der Waals surface area contributed by atoms with Crippen molar-refractivity contribution < 1.29 is 4.42 Å². The lowest BCUT2D eigenvalue weighted by Gasteiger charge is -2.07. The molecule has 2 heteroatoms. The minimum atomic E-state index is -0.198. The van der Waals surface area contributed by atoms with E-state index in [2.05, 4.69) is 26.8 Å². The molecule has 1 aromatic heterocycles. The Kier molecular flexibility index (Phi) is 3.32. The van der Waals surface area contributed by atoms with Gasteiger partial charge in [-0.3, -0.25) is 0 Å². The summed E-state index contributed by atoms with van der Waals surface area (Å²) >= 11 is 0. The fourth-order valence-corrected chi connectivity index (χ4v) is 1.99. The van der Waals surface area contributed by atoms with E-state index in [1.807, 2.05) is 18.2 Å². The van der Waals surface area contributed by atoms with Gasteiger partial charge >= 0.3 is 5.63 Å². The van der Waals surface area contributed by atoms with Gasteiger partial charge in [0.25, 0.3) is 0 Å². The molecule has 90 valence electrons. The van der Waals surface area contributed by atoms with Crippen molar-refractivity contribution in [2.45, 2.75) is 39.5 Å². The van der Waals surface area contributed by atoms with E-state index in [0.717, 1.165) is 23.8 Å². The Balaban J connectivity index is 2.60. The van der Waals surface area contributed by atoms with Crippen LogP contribution in [-0.4, -0.2) is 0 Å². The largest absolute Gasteiger partial charge is 0.423 e. The van der Waals surface area contributed by atoms with Crippen LogP contribution in [0.4, 0.5) is 0 Å². The minimum Gasteiger partial charge on any atom is -0.423 e. The van der Waals surface area contributed by atoms with Gasteiger partial charge in [-0.15, -0.1) is 0 Å². The molecular formula is C15H18O2. The highest BCUT2D eigenvalue weighted by atomic mass is 16.4. The van der Waals surface area contributed by atoms with E-state index in [1.165, 1.54) is 5.56 Å². The van der Waals surface area contributed by atoms with Crippen molar-refractivity contribution in [1.29, 1.82) is 0 Å². The summed E-state index contributed by atoms with van der Waals surface area (Å²) in [7, 11) is 0. The number of hydrogen-bond acceptors (Lipinski definition) is 2. The van der Waals surface area contributed by atoms with E-state index >= 15 is 0 Å². The minimum absolute atomic E-state index is 0.198. The molecule has 1 aromatic carbocycles. The van der Waals surface area contributed by atoms with Crippen LogP contribution in [-0.2, 0) is 6.42 Å². The maximum absolute atomic E-state index is 11.7. The van der Waals surface area contributed by atoms with Gasteiger partial charge in [-0.1, -0.05) is 33.3 Å². The summed E-state index contributed by atoms with van der Waals surface area (Å²) in [5.41, 5.74) is 2.53. The fraction of sp³-hybridized carbons (Fsp3) is 0.400. The smallest absolute Gasteiger partial charge is 0.339 e. The van der Waals surface area contributed by atoms with Crippen molar-refractivity contribution in [3.05, 3.63) is 45.8 Å². The second-order valence-electron chi connectivity index (χ2n) is 4.76. The quantitative estimate of drug-likeness (QED) is 0.749. The normalized spacial score (nSPS) is 11.3. The van der Waals surface area contributed by atoms with Crippen LogP contribution in [0.15, 0.2) is 33.5 Å². The lowest BCUT2D eigenvalue weighted by Crippen LogP contribution is -2.06. The number of hydrogen-bond donors (Lipinski definition) is 0. The number of benzene rings is 1. The Hall–Kier alpha value is -1.57. The van der Waals surface area contributed by atoms with Gasteiger partial charge in [-0.2, -0.15) is 0 Å². The summed E-state index contributed by atoms with van der Waals surface area (Å²) in [5.74, 6) is 0.487. The van der Waals surface area contributed by atoms with Crippen LogP contribution in [0.5, 0.6) is 0 Å². The molecule has 0 aliphatic carbocycles. The molecule has 0 saturated carbocycles. The van der Waals surface area contributed by atoms with E-state index in [0.29, 0.717) is 11.5 Å². The van der Waals surface area contributed by atoms with Gasteiger partial charge in [-0.05, 0) is 36.1 Å². The zero-order chi connectivity index (χ0) is 12.4. The van der Waals surface area contributed by atoms with E-state index in [-0.39, 0.29) is 5.63 Å². The Morgan fingerprint density at radius 1 is 1.24 bits per heavy atom. The second-order valence-corrected chi connectivity index (χ2v) is 4.76. The molecule has 0 radical (unpaired) electrons. The van der Waals surface area contributed by atoms with Crippen molar-refractivity contribution >= 4 is 11.0 Å². The molecule has 2 nitrogen and oxygen atoms in total. The zero-order valence-electron chi connectivity index (χ0n) is 10.6. The SMILES string of the molecule is CCCc1cc2cc(C(C)C)ccc2oc1=O. The predicted molar refractivity (Wildman–Crippen MR) is 70.6 cm³/mol. The van der Waals surface area contributed by atoms with Crippen LogP contribution in [0.1, 0.15) is 44.2 Å². The highest BCUT2D eigenvalue weighted by Crippen LogP contribution is 2.21. The number of fused-ring (bicyclic) bond motifs is 1. The predicted octanol–water partition coefficient (Wildman–Crippen LogP) is 3.87. The highest BCUT2D eigenvalue weighted by Gasteiger charge is 2.06. The average molecular weight is 230 g/mol. The van der Waals surface area contributed by atoms with Crippen LogP contribution >= 0.6 is 0 Å². The van der Waals surface area contributed by atoms with E-state index in [1.54, 1.807) is 0 Å². The molecule has 2 rings (SSSR count). The third-order valence-corrected chi connectivity index (χ3v) is 3.01. The van der Waals surface area contributed by atoms with Crippen LogP contribution in [0.3, 0.4) is 0 Å². The van der Waals surface area contributed by atoms with Crippen LogP contribution in [0.25, 0.3) is 11.0 Å². The van der Waals surface area contributed by atoms with Crippen molar-refractivity contribution in [3.8, 4) is 0 Å². The zero-order valence-corrected chi connectivity index (χ0v) is 10.6. The number of aryl methyl sites for hydroxylation is 1. The monoisotopic (exact) mass is 230 g/mol. The van der Waals surface area contributed by atoms with Gasteiger partial charge in [-0.25, -0.2) is 4.79 Å². The van der Waals surface area contributed by atoms with Gasteiger partial charge in [0.05, 0.1) is 0 Å². The van der Waals surface area contributed by atoms with Crippen molar-refractivity contribution in [2.24, 2.45) is 0 Å². The third kappa shape index (κ3) is 2.41. The van der Waals surface area contributed by atoms with E-state index in [4.69, 9.17) is 4.42 Å². The summed E-state index contributed by atoms with van der Waals surface area (Å²) in [5, 5.41) is 1.03. The first-order chi connectivity index (χ1) is 8.11. The first-order valence-corrected chi connectivity index (χ1v) is 6.18. The Bertz CT molecular complexity index is 579. The molecule has 0 amide bonds. The van der Waals surface area contributed by atoms with Gasteiger partial charge in [0.2, 0.25) is 0 Å². The Labute approximate surface area is 101 Å². The summed E-state index contributed by atoms with van der Waals surface area (Å²) in [6.45, 7) is 6.38. The van der Waals surface area contributed by atoms with Crippen LogP contribution in [0, 0.1) is 0 Å². The van der Waals surface area contributed by atoms with E-state index in [9.17, 15) is 4.79 Å². The van der Waals surface area contributed by atoms with Gasteiger partial charge in [0, 0.05) is 10.9 Å². The average Bonchev–Trinajstić information content (AvgIpc) is 2.29. The van der Waals surface area contributed by atoms with E-state index < -0.39 is 0 Å². The molecule has 0 atom stereocenters. The van der Waals surface area contributed by atoms with Crippen molar-refractivity contribution in [2.75, 3.05) is 0 Å². The standard InChI is InChI=1S/C15H18O2/c1-4-5-12-9-13-8-11(10(2)3)6-7-14(13)17-15(12)16/h6-10H,4-5H2,1-3H3. The van der Waals surface area contributed by atoms with Gasteiger partial charge < -0.3 is 4.42 Å². The molecule has 0 fully saturated rings. The first kappa shape index (κ1) is 11.9. The molecule has 0 aliphatic rings. The summed E-state index contributed by atoms with van der Waals surface area (Å²) in [4.78, 5) is 11.7. The third-order valence-electron chi connectivity index (χ3n) is 3.01. The molecule has 0 N–H and O–H groups in total. The molecule has 0 bridgehead atoms. The lowest BCUT2D eigenvalue weighted by molar-refractivity contribution is 0.549. The number of rotatable bonds is 3. The van der Waals surface area contributed by atoms with Gasteiger partial charge in [0.15, 0.2) is 0 Å². The Morgan fingerprint density at radius 3 is 2.65 bits per heavy atom. The summed E-state index contributed by atoms with van der Waals surface area (Å²) < 4.78 is 5.32. The van der Waals surface area contributed by atoms with Crippen molar-refractivity contribution in [3.63, 3.8) is 0 Å². The Morgan fingerprint density at radius 2 is 2.00 bits per heavy atom. The van der Waals surface area contributed by atoms with Crippen LogP contribution in [0.2, 0.25) is 0 Å². The topological polar surface area (TPSA) is 30.2 Å². The second kappa shape index (κ2) is 4.74. The summed E-state index contributed by atoms with van der Waals surface area (Å²) in [6.07, 6.45) is 1.74. The molecule has 0 aliphatic heterocycles. The molecule has 0 unspecified atom stereocenters.